The molecule has 90 valence electrons. The Balaban J connectivity index is 2.43. The first-order valence-corrected chi connectivity index (χ1v) is 5.74. The summed E-state index contributed by atoms with van der Waals surface area (Å²) in [5.41, 5.74) is 0.980. The maximum absolute atomic E-state index is 10.6. The van der Waals surface area contributed by atoms with Gasteiger partial charge in [0, 0.05) is 12.7 Å². The minimum atomic E-state index is -0.735. The smallest absolute Gasteiger partial charge is 0.306 e. The molecule has 1 aromatic rings. The molecule has 16 heavy (non-hydrogen) atoms. The van der Waals surface area contributed by atoms with E-state index >= 15 is 0 Å². The lowest BCUT2D eigenvalue weighted by atomic mass is 10.1. The Hall–Kier alpha value is -1.32. The zero-order valence-electron chi connectivity index (χ0n) is 10.2. The Morgan fingerprint density at radius 3 is 2.75 bits per heavy atom. The molecule has 1 rings (SSSR count). The molecule has 0 amide bonds. The molecule has 1 unspecified atom stereocenters. The molecule has 0 saturated carbocycles. The molecule has 4 nitrogen and oxygen atoms in total. The third-order valence-electron chi connectivity index (χ3n) is 2.50. The first kappa shape index (κ1) is 12.7. The van der Waals surface area contributed by atoms with Gasteiger partial charge in [-0.1, -0.05) is 20.8 Å². The highest BCUT2D eigenvalue weighted by Gasteiger charge is 2.11. The van der Waals surface area contributed by atoms with Crippen molar-refractivity contribution in [2.45, 2.75) is 40.2 Å². The molecule has 0 radical (unpaired) electrons. The molecular weight excluding hydrogens is 204 g/mol. The van der Waals surface area contributed by atoms with Gasteiger partial charge < -0.3 is 5.11 Å². The predicted molar refractivity (Wildman–Crippen MR) is 62.2 cm³/mol. The van der Waals surface area contributed by atoms with Gasteiger partial charge in [0.15, 0.2) is 0 Å². The normalized spacial score (nSPS) is 13.0. The van der Waals surface area contributed by atoms with Gasteiger partial charge in [0.25, 0.3) is 0 Å². The number of hydrogen-bond acceptors (Lipinski definition) is 2. The second-order valence-corrected chi connectivity index (χ2v) is 4.70. The molecule has 0 aromatic carbocycles. The summed E-state index contributed by atoms with van der Waals surface area (Å²) < 4.78 is 1.92. The average Bonchev–Trinajstić information content (AvgIpc) is 2.60. The summed E-state index contributed by atoms with van der Waals surface area (Å²) in [6.45, 7) is 6.93. The predicted octanol–water partition coefficient (Wildman–Crippen LogP) is 2.19. The number of aryl methyl sites for hydroxylation is 1. The number of nitrogens with zero attached hydrogens (tertiary/aromatic N) is 2. The standard InChI is InChI=1S/C12H20N2O2/c1-9(2)8-14-7-6-11(13-14)5-4-10(3)12(15)16/h6-7,9-10H,4-5,8H2,1-3H3,(H,15,16). The third-order valence-corrected chi connectivity index (χ3v) is 2.50. The molecule has 1 aromatic heterocycles. The average molecular weight is 224 g/mol. The summed E-state index contributed by atoms with van der Waals surface area (Å²) in [4.78, 5) is 10.6. The van der Waals surface area contributed by atoms with E-state index in [4.69, 9.17) is 5.11 Å². The van der Waals surface area contributed by atoms with Crippen molar-refractivity contribution in [1.29, 1.82) is 0 Å². The highest BCUT2D eigenvalue weighted by Crippen LogP contribution is 2.08. The van der Waals surface area contributed by atoms with E-state index in [-0.39, 0.29) is 5.92 Å². The van der Waals surface area contributed by atoms with Crippen LogP contribution in [-0.4, -0.2) is 20.9 Å². The van der Waals surface area contributed by atoms with Gasteiger partial charge in [0.1, 0.15) is 0 Å². The number of aromatic nitrogens is 2. The van der Waals surface area contributed by atoms with Gasteiger partial charge in [0.05, 0.1) is 11.6 Å². The van der Waals surface area contributed by atoms with Crippen molar-refractivity contribution >= 4 is 5.97 Å². The minimum absolute atomic E-state index is 0.296. The highest BCUT2D eigenvalue weighted by atomic mass is 16.4. The van der Waals surface area contributed by atoms with Crippen LogP contribution in [0.25, 0.3) is 0 Å². The van der Waals surface area contributed by atoms with Gasteiger partial charge >= 0.3 is 5.97 Å². The summed E-state index contributed by atoms with van der Waals surface area (Å²) in [6, 6.07) is 1.97. The Morgan fingerprint density at radius 2 is 2.19 bits per heavy atom. The molecular formula is C12H20N2O2. The summed E-state index contributed by atoms with van der Waals surface area (Å²) >= 11 is 0. The number of rotatable bonds is 6. The van der Waals surface area contributed by atoms with Crippen LogP contribution in [0.2, 0.25) is 0 Å². The van der Waals surface area contributed by atoms with E-state index in [0.717, 1.165) is 18.7 Å². The second kappa shape index (κ2) is 5.68. The van der Waals surface area contributed by atoms with E-state index in [9.17, 15) is 4.79 Å². The van der Waals surface area contributed by atoms with E-state index in [1.165, 1.54) is 0 Å². The van der Waals surface area contributed by atoms with E-state index in [2.05, 4.69) is 18.9 Å². The van der Waals surface area contributed by atoms with Crippen LogP contribution in [0, 0.1) is 11.8 Å². The first-order valence-electron chi connectivity index (χ1n) is 5.74. The largest absolute Gasteiger partial charge is 0.481 e. The van der Waals surface area contributed by atoms with Gasteiger partial charge in [-0.3, -0.25) is 9.48 Å². The maximum atomic E-state index is 10.6. The van der Waals surface area contributed by atoms with E-state index in [0.29, 0.717) is 12.3 Å². The monoisotopic (exact) mass is 224 g/mol. The first-order chi connectivity index (χ1) is 7.49. The van der Waals surface area contributed by atoms with Gasteiger partial charge in [-0.2, -0.15) is 5.10 Å². The summed E-state index contributed by atoms with van der Waals surface area (Å²) in [5.74, 6) is -0.456. The van der Waals surface area contributed by atoms with E-state index in [1.807, 2.05) is 16.9 Å². The fourth-order valence-electron chi connectivity index (χ4n) is 1.50. The van der Waals surface area contributed by atoms with Gasteiger partial charge in [0.2, 0.25) is 0 Å². The van der Waals surface area contributed by atoms with E-state index < -0.39 is 5.97 Å². The lowest BCUT2D eigenvalue weighted by molar-refractivity contribution is -0.141. The SMILES string of the molecule is CC(C)Cn1ccc(CCC(C)C(=O)O)n1. The fourth-order valence-corrected chi connectivity index (χ4v) is 1.50. The number of carboxylic acid groups (broad SMARTS) is 1. The molecule has 1 N–H and O–H groups in total. The van der Waals surface area contributed by atoms with Crippen molar-refractivity contribution in [3.05, 3.63) is 18.0 Å². The second-order valence-electron chi connectivity index (χ2n) is 4.70. The molecule has 0 aliphatic rings. The summed E-state index contributed by atoms with van der Waals surface area (Å²) in [7, 11) is 0. The molecule has 0 fully saturated rings. The molecule has 4 heteroatoms. The Labute approximate surface area is 96.3 Å². The van der Waals surface area contributed by atoms with Crippen LogP contribution >= 0.6 is 0 Å². The molecule has 0 aliphatic carbocycles. The lowest BCUT2D eigenvalue weighted by Crippen LogP contribution is -2.10. The zero-order chi connectivity index (χ0) is 12.1. The zero-order valence-corrected chi connectivity index (χ0v) is 10.2. The molecule has 1 heterocycles. The Morgan fingerprint density at radius 1 is 1.50 bits per heavy atom. The number of aliphatic carboxylic acids is 1. The number of hydrogen-bond donors (Lipinski definition) is 1. The summed E-state index contributed by atoms with van der Waals surface area (Å²) in [5, 5.41) is 13.2. The molecule has 0 spiro atoms. The van der Waals surface area contributed by atoms with Crippen LogP contribution in [0.5, 0.6) is 0 Å². The minimum Gasteiger partial charge on any atom is -0.481 e. The highest BCUT2D eigenvalue weighted by molar-refractivity contribution is 5.69. The molecule has 0 bridgehead atoms. The molecule has 1 atom stereocenters. The molecule has 0 aliphatic heterocycles. The maximum Gasteiger partial charge on any atom is 0.306 e. The van der Waals surface area contributed by atoms with Crippen LogP contribution in [-0.2, 0) is 17.8 Å². The topological polar surface area (TPSA) is 55.1 Å². The lowest BCUT2D eigenvalue weighted by Gasteiger charge is -2.05. The van der Waals surface area contributed by atoms with Crippen molar-refractivity contribution in [3.63, 3.8) is 0 Å². The van der Waals surface area contributed by atoms with Crippen LogP contribution in [0.3, 0.4) is 0 Å². The van der Waals surface area contributed by atoms with Crippen LogP contribution in [0.1, 0.15) is 32.9 Å². The molecule has 0 saturated heterocycles. The summed E-state index contributed by atoms with van der Waals surface area (Å²) in [6.07, 6.45) is 3.34. The van der Waals surface area contributed by atoms with Crippen molar-refractivity contribution in [2.24, 2.45) is 11.8 Å². The Kier molecular flexibility index (Phi) is 4.52. The van der Waals surface area contributed by atoms with Gasteiger partial charge in [-0.15, -0.1) is 0 Å². The number of carboxylic acids is 1. The van der Waals surface area contributed by atoms with Crippen LogP contribution < -0.4 is 0 Å². The quantitative estimate of drug-likeness (QED) is 0.805. The number of carbonyl (C=O) groups is 1. The fraction of sp³-hybridized carbons (Fsp3) is 0.667. The Bertz CT molecular complexity index is 345. The third kappa shape index (κ3) is 4.04. The van der Waals surface area contributed by atoms with Crippen molar-refractivity contribution in [2.75, 3.05) is 0 Å². The van der Waals surface area contributed by atoms with E-state index in [1.54, 1.807) is 6.92 Å². The van der Waals surface area contributed by atoms with Crippen LogP contribution in [0.4, 0.5) is 0 Å². The van der Waals surface area contributed by atoms with Gasteiger partial charge in [-0.05, 0) is 24.8 Å². The van der Waals surface area contributed by atoms with Crippen molar-refractivity contribution in [1.82, 2.24) is 9.78 Å². The van der Waals surface area contributed by atoms with Crippen molar-refractivity contribution < 1.29 is 9.90 Å². The van der Waals surface area contributed by atoms with Crippen molar-refractivity contribution in [3.8, 4) is 0 Å². The van der Waals surface area contributed by atoms with Crippen LogP contribution in [0.15, 0.2) is 12.3 Å². The van der Waals surface area contributed by atoms with Gasteiger partial charge in [-0.25, -0.2) is 0 Å².